The molecule has 13 heteroatoms. The maximum atomic E-state index is 8.58. The summed E-state index contributed by atoms with van der Waals surface area (Å²) < 4.78 is 34.1. The van der Waals surface area contributed by atoms with Crippen molar-refractivity contribution in [2.24, 2.45) is 0 Å². The first-order valence-corrected chi connectivity index (χ1v) is 4.45. The van der Waals surface area contributed by atoms with Crippen LogP contribution in [0.3, 0.4) is 0 Å². The molecule has 8 nitrogen and oxygen atoms in total. The van der Waals surface area contributed by atoms with Crippen molar-refractivity contribution in [2.75, 3.05) is 0 Å². The van der Waals surface area contributed by atoms with Crippen LogP contribution in [0.2, 0.25) is 0 Å². The average Bonchev–Trinajstić information content (AvgIpc) is 1.12. The monoisotopic (exact) mass is 812 g/mol. The van der Waals surface area contributed by atoms with Gasteiger partial charge in [0.15, 0.2) is 0 Å². The van der Waals surface area contributed by atoms with E-state index < -0.39 is 19.4 Å². The summed E-state index contributed by atoms with van der Waals surface area (Å²) in [6.07, 6.45) is 0. The quantitative estimate of drug-likeness (QED) is 0.132. The third-order valence-electron chi connectivity index (χ3n) is 0. The van der Waals surface area contributed by atoms with Crippen molar-refractivity contribution >= 4 is 101 Å². The molecule has 0 bridgehead atoms. The fraction of sp³-hybridized carbons (Fsp3) is 0. The summed E-state index contributed by atoms with van der Waals surface area (Å²) in [5, 5.41) is 0. The summed E-state index contributed by atoms with van der Waals surface area (Å²) in [5.41, 5.74) is 0. The number of hydrogen-bond donors (Lipinski definition) is 0. The van der Waals surface area contributed by atoms with Gasteiger partial charge in [0.2, 0.25) is 0 Å². The first-order valence-electron chi connectivity index (χ1n) is 1.48. The molecule has 0 fully saturated rings. The minimum absolute atomic E-state index is 0. The van der Waals surface area contributed by atoms with E-state index in [9.17, 15) is 0 Å². The summed E-state index contributed by atoms with van der Waals surface area (Å²) in [6, 6.07) is 0. The zero-order valence-electron chi connectivity index (χ0n) is 5.67. The number of hydrogen-bond acceptors (Lipinski definition) is 8. The molecule has 0 heterocycles. The molecule has 0 spiro atoms. The first kappa shape index (κ1) is 29.6. The van der Waals surface area contributed by atoms with Gasteiger partial charge in [-0.05, 0) is 0 Å². The van der Waals surface area contributed by atoms with Gasteiger partial charge in [0, 0.05) is 10.4 Å². The summed E-state index contributed by atoms with van der Waals surface area (Å²) in [6.45, 7) is 0. The Morgan fingerprint density at radius 1 is 0.769 bits per heavy atom. The predicted molar refractivity (Wildman–Crippen MR) is 33.5 cm³/mol. The van der Waals surface area contributed by atoms with Gasteiger partial charge < -0.3 is 37.3 Å². The molecule has 0 saturated carbocycles. The Bertz CT molecular complexity index is 154. The molecule has 0 saturated heterocycles. The third-order valence-corrected chi connectivity index (χ3v) is 0. The van der Waals surface area contributed by atoms with Crippen LogP contribution >= 0.6 is 0 Å². The fourth-order valence-corrected chi connectivity index (χ4v) is 0. The first-order chi connectivity index (χ1) is 4.00. The predicted octanol–water partition coefficient (Wildman–Crippen LogP) is -7.62. The van der Waals surface area contributed by atoms with Crippen molar-refractivity contribution in [3.63, 3.8) is 0 Å². The Kier molecular flexibility index (Phi) is 29.1. The van der Waals surface area contributed by atoms with Crippen LogP contribution in [0, 0.1) is 0 Å². The van der Waals surface area contributed by atoms with Crippen LogP contribution in [0.25, 0.3) is 0 Å². The number of rotatable bonds is 0. The van der Waals surface area contributed by atoms with Crippen LogP contribution < -0.4 is 19.2 Å². The molecule has 70 valence electrons. The van der Waals surface area contributed by atoms with Crippen molar-refractivity contribution in [3.05, 3.63) is 0 Å². The Hall–Kier alpha value is 2.69. The van der Waals surface area contributed by atoms with E-state index in [1.807, 2.05) is 0 Å². The van der Waals surface area contributed by atoms with Gasteiger partial charge in [0.1, 0.15) is 0 Å². The van der Waals surface area contributed by atoms with Gasteiger partial charge in [-0.1, -0.05) is 0 Å². The van der Waals surface area contributed by atoms with E-state index in [-0.39, 0.29) is 81.9 Å². The molecule has 13 heavy (non-hydrogen) atoms. The van der Waals surface area contributed by atoms with Crippen molar-refractivity contribution in [1.82, 2.24) is 0 Å². The van der Waals surface area contributed by atoms with E-state index in [1.54, 1.807) is 0 Å². The van der Waals surface area contributed by atoms with Crippen molar-refractivity contribution in [2.45, 2.75) is 0 Å². The van der Waals surface area contributed by atoms with Crippen molar-refractivity contribution < 1.29 is 36.7 Å². The van der Waals surface area contributed by atoms with E-state index in [1.165, 1.54) is 0 Å². The topological polar surface area (TPSA) is 172 Å². The van der Waals surface area contributed by atoms with E-state index in [0.29, 0.717) is 0 Å². The largest absolute Gasteiger partial charge is 2.00 e. The Morgan fingerprint density at radius 2 is 0.769 bits per heavy atom. The molecule has 6 radical (unpaired) electrons. The van der Waals surface area contributed by atoms with Crippen LogP contribution in [0.15, 0.2) is 0 Å². The summed E-state index contributed by atoms with van der Waals surface area (Å²) in [7, 11) is -10.8. The molecule has 0 atom stereocenters. The molecule has 0 aromatic heterocycles. The zero-order valence-corrected chi connectivity index (χ0v) is 19.2. The van der Waals surface area contributed by atoms with E-state index in [2.05, 4.69) is 0 Å². The molecule has 0 aromatic rings. The molecule has 0 rings (SSSR count). The maximum absolute atomic E-state index is 8.58. The second-order valence-corrected chi connectivity index (χ2v) is 2.72. The molecule has 0 aliphatic rings. The zero-order chi connectivity index (χ0) is 9.00. The molecule has 0 amide bonds. The Balaban J connectivity index is -0.0000000267. The molecule has 0 unspecified atom stereocenters. The van der Waals surface area contributed by atoms with Gasteiger partial charge in [-0.2, -0.15) is 0 Å². The second-order valence-electron chi connectivity index (χ2n) is 0.908. The third kappa shape index (κ3) is 326. The summed E-state index contributed by atoms with van der Waals surface area (Å²) >= 11 is 0. The van der Waals surface area contributed by atoms with Gasteiger partial charge in [-0.3, -0.25) is 8.42 Å². The van der Waals surface area contributed by atoms with Crippen molar-refractivity contribution in [1.29, 1.82) is 0 Å². The molecule has 0 aliphatic heterocycles. The fourth-order valence-electron chi connectivity index (χ4n) is 0. The smallest absolute Gasteiger partial charge is 0.894 e. The van der Waals surface area contributed by atoms with Gasteiger partial charge in [0.25, 0.3) is 0 Å². The molecular formula is O8Pb3SSi. The van der Waals surface area contributed by atoms with E-state index in [0.717, 1.165) is 0 Å². The normalized spacial score (nSPS) is 9.08. The molecule has 0 N–H and O–H groups in total. The van der Waals surface area contributed by atoms with Crippen LogP contribution in [0.1, 0.15) is 0 Å². The summed E-state index contributed by atoms with van der Waals surface area (Å²) in [5.74, 6) is 0. The van der Waals surface area contributed by atoms with E-state index >= 15 is 0 Å². The molecular weight excluding hydrogens is 810 g/mol. The van der Waals surface area contributed by atoms with Gasteiger partial charge in [-0.15, -0.1) is 0 Å². The minimum Gasteiger partial charge on any atom is -0.894 e. The van der Waals surface area contributed by atoms with E-state index in [4.69, 9.17) is 36.7 Å². The van der Waals surface area contributed by atoms with Crippen LogP contribution in [0.4, 0.5) is 0 Å². The second kappa shape index (κ2) is 12.8. The van der Waals surface area contributed by atoms with Gasteiger partial charge in [-0.25, -0.2) is 0 Å². The summed E-state index contributed by atoms with van der Waals surface area (Å²) in [4.78, 5) is 34.3. The maximum Gasteiger partial charge on any atom is 2.00 e. The van der Waals surface area contributed by atoms with Crippen molar-refractivity contribution in [3.8, 4) is 0 Å². The minimum atomic E-state index is -5.61. The standard InChI is InChI=1S/H2O4S.O4Si.3Pb/c2*1-5(2,3)4;;;/h(H2,1,2,3,4);;;;/q;-4;3*+2/p-2. The molecule has 0 aromatic carbocycles. The SMILES string of the molecule is O=S(=O)([O-])[O-].[O-][Si]([O-])([O-])[O-].[Pb+2].[Pb+2].[Pb+2]. The van der Waals surface area contributed by atoms with Gasteiger partial charge in [0.05, 0.1) is 0 Å². The molecule has 0 aliphatic carbocycles. The Labute approximate surface area is 136 Å². The van der Waals surface area contributed by atoms with Crippen LogP contribution in [0.5, 0.6) is 0 Å². The van der Waals surface area contributed by atoms with Crippen LogP contribution in [-0.2, 0) is 10.4 Å². The Morgan fingerprint density at radius 3 is 0.769 bits per heavy atom. The van der Waals surface area contributed by atoms with Gasteiger partial charge >= 0.3 is 81.9 Å². The average molecular weight is 810 g/mol. The van der Waals surface area contributed by atoms with Crippen LogP contribution in [-0.4, -0.2) is 108 Å².